The second-order valence-corrected chi connectivity index (χ2v) is 8.87. The van der Waals surface area contributed by atoms with Gasteiger partial charge in [-0.15, -0.1) is 0 Å². The molecular weight excluding hydrogens is 435 g/mol. The van der Waals surface area contributed by atoms with E-state index in [4.69, 9.17) is 0 Å². The molecule has 0 amide bonds. The van der Waals surface area contributed by atoms with Crippen molar-refractivity contribution in [3.63, 3.8) is 0 Å². The number of aromatic nitrogens is 2. The monoisotopic (exact) mass is 464 g/mol. The van der Waals surface area contributed by atoms with Crippen molar-refractivity contribution in [2.24, 2.45) is 0 Å². The highest BCUT2D eigenvalue weighted by molar-refractivity contribution is 7.19. The Morgan fingerprint density at radius 2 is 0.750 bits per heavy atom. The highest BCUT2D eigenvalue weighted by Gasteiger charge is 2.31. The Balaban J connectivity index is 0.000000202. The van der Waals surface area contributed by atoms with Crippen LogP contribution in [0.1, 0.15) is 0 Å². The number of benzene rings is 5. The van der Waals surface area contributed by atoms with E-state index in [0.717, 1.165) is 5.82 Å². The van der Waals surface area contributed by atoms with E-state index >= 15 is 0 Å². The molecule has 0 aliphatic heterocycles. The zero-order chi connectivity index (χ0) is 24.5. The molecule has 2 nitrogen and oxygen atoms in total. The minimum Gasteiger partial charge on any atom is -0.243 e. The molecule has 2 N–H and O–H groups in total. The van der Waals surface area contributed by atoms with E-state index < -0.39 is 6.15 Å². The van der Waals surface area contributed by atoms with Crippen LogP contribution in [0.15, 0.2) is 164 Å². The fraction of sp³-hybridized carbons (Fsp3) is 0. The van der Waals surface area contributed by atoms with Gasteiger partial charge in [0.15, 0.2) is 0 Å². The van der Waals surface area contributed by atoms with Crippen molar-refractivity contribution in [1.82, 2.24) is 4.98 Å². The standard InChI is InChI=1S/C24H20B.C9H8N2/c1-5-13-21(14-6-1)25(22-15-7-2-8-16-22,23-17-9-3-10-18-23)24-19-11-4-12-20-24;1-2-4-8(5-3-1)9-10-6-7-11-9/h1-20H;1-7H,(H,10,11)/q-1;/p+1. The van der Waals surface area contributed by atoms with Gasteiger partial charge in [-0.2, -0.15) is 21.9 Å². The molecule has 0 aliphatic carbocycles. The van der Waals surface area contributed by atoms with E-state index in [1.165, 1.54) is 27.4 Å². The minimum atomic E-state index is -1.22. The van der Waals surface area contributed by atoms with Crippen LogP contribution in [-0.4, -0.2) is 11.1 Å². The lowest BCUT2D eigenvalue weighted by atomic mass is 9.13. The molecule has 0 radical (unpaired) electrons. The predicted octanol–water partition coefficient (Wildman–Crippen LogP) is 4.56. The van der Waals surface area contributed by atoms with Crippen LogP contribution in [0.4, 0.5) is 0 Å². The smallest absolute Gasteiger partial charge is 0.243 e. The molecule has 1 heterocycles. The van der Waals surface area contributed by atoms with Crippen molar-refractivity contribution in [3.8, 4) is 11.4 Å². The average molecular weight is 464 g/mol. The van der Waals surface area contributed by atoms with E-state index in [0.29, 0.717) is 0 Å². The number of nitrogens with one attached hydrogen (secondary N) is 2. The Morgan fingerprint density at radius 1 is 0.417 bits per heavy atom. The third kappa shape index (κ3) is 4.78. The second-order valence-electron chi connectivity index (χ2n) is 8.87. The maximum absolute atomic E-state index is 3.10. The number of H-pyrrole nitrogens is 2. The second kappa shape index (κ2) is 11.2. The zero-order valence-electron chi connectivity index (χ0n) is 20.2. The summed E-state index contributed by atoms with van der Waals surface area (Å²) in [4.78, 5) is 6.20. The van der Waals surface area contributed by atoms with Gasteiger partial charge in [0.05, 0.1) is 5.56 Å². The summed E-state index contributed by atoms with van der Waals surface area (Å²) >= 11 is 0. The summed E-state index contributed by atoms with van der Waals surface area (Å²) in [6, 6.07) is 53.7. The van der Waals surface area contributed by atoms with Crippen LogP contribution in [0.25, 0.3) is 11.4 Å². The summed E-state index contributed by atoms with van der Waals surface area (Å²) in [7, 11) is 0. The summed E-state index contributed by atoms with van der Waals surface area (Å²) in [5, 5.41) is 0. The molecule has 0 atom stereocenters. The van der Waals surface area contributed by atoms with Crippen LogP contribution >= 0.6 is 0 Å². The maximum Gasteiger partial charge on any atom is 0.284 e. The molecule has 6 rings (SSSR count). The first-order valence-electron chi connectivity index (χ1n) is 12.4. The normalized spacial score (nSPS) is 10.8. The quantitative estimate of drug-likeness (QED) is 0.363. The largest absolute Gasteiger partial charge is 0.284 e. The Labute approximate surface area is 213 Å². The summed E-state index contributed by atoms with van der Waals surface area (Å²) < 4.78 is 0. The molecule has 0 spiro atoms. The highest BCUT2D eigenvalue weighted by Crippen LogP contribution is 2.10. The maximum atomic E-state index is 3.10. The van der Waals surface area contributed by atoms with Gasteiger partial charge < -0.3 is 0 Å². The summed E-state index contributed by atoms with van der Waals surface area (Å²) in [6.07, 6.45) is 2.54. The first kappa shape index (κ1) is 23.1. The molecule has 174 valence electrons. The van der Waals surface area contributed by atoms with Crippen molar-refractivity contribution in [1.29, 1.82) is 0 Å². The number of rotatable bonds is 5. The van der Waals surface area contributed by atoms with Crippen LogP contribution in [0, 0.1) is 0 Å². The lowest BCUT2D eigenvalue weighted by Gasteiger charge is -2.44. The highest BCUT2D eigenvalue weighted by atomic mass is 14.9. The van der Waals surface area contributed by atoms with Gasteiger partial charge in [-0.3, -0.25) is 0 Å². The zero-order valence-corrected chi connectivity index (χ0v) is 20.2. The van der Waals surface area contributed by atoms with Gasteiger partial charge in [0.2, 0.25) is 0 Å². The van der Waals surface area contributed by atoms with E-state index in [1.54, 1.807) is 0 Å². The van der Waals surface area contributed by atoms with Crippen LogP contribution < -0.4 is 26.8 Å². The van der Waals surface area contributed by atoms with Crippen molar-refractivity contribution < 1.29 is 4.98 Å². The predicted molar refractivity (Wildman–Crippen MR) is 153 cm³/mol. The third-order valence-electron chi connectivity index (χ3n) is 6.80. The fourth-order valence-corrected chi connectivity index (χ4v) is 5.18. The lowest BCUT2D eigenvalue weighted by molar-refractivity contribution is -0.362. The van der Waals surface area contributed by atoms with Crippen LogP contribution in [0.3, 0.4) is 0 Å². The number of aromatic amines is 2. The topological polar surface area (TPSA) is 29.9 Å². The Bertz CT molecular complexity index is 1270. The molecule has 0 fully saturated rings. The summed E-state index contributed by atoms with van der Waals surface area (Å²) in [6.45, 7) is 0. The van der Waals surface area contributed by atoms with E-state index in [9.17, 15) is 0 Å². The number of hydrogen-bond donors (Lipinski definition) is 1. The Morgan fingerprint density at radius 3 is 1.06 bits per heavy atom. The molecule has 6 aromatic rings. The molecule has 0 saturated carbocycles. The molecule has 0 unspecified atom stereocenters. The first-order chi connectivity index (χ1) is 17.9. The molecule has 36 heavy (non-hydrogen) atoms. The molecule has 0 saturated heterocycles. The number of imidazole rings is 1. The Kier molecular flexibility index (Phi) is 7.20. The molecule has 1 aromatic heterocycles. The molecule has 5 aromatic carbocycles. The van der Waals surface area contributed by atoms with Crippen molar-refractivity contribution in [2.45, 2.75) is 0 Å². The molecule has 0 bridgehead atoms. The Hall–Kier alpha value is -4.63. The third-order valence-corrected chi connectivity index (χ3v) is 6.80. The van der Waals surface area contributed by atoms with Crippen LogP contribution in [-0.2, 0) is 0 Å². The van der Waals surface area contributed by atoms with E-state index in [-0.39, 0.29) is 0 Å². The van der Waals surface area contributed by atoms with Gasteiger partial charge in [0.25, 0.3) is 5.82 Å². The minimum absolute atomic E-state index is 1.05. The van der Waals surface area contributed by atoms with Crippen molar-refractivity contribution in [3.05, 3.63) is 164 Å². The summed E-state index contributed by atoms with van der Waals surface area (Å²) in [5.41, 5.74) is 6.53. The van der Waals surface area contributed by atoms with Gasteiger partial charge in [-0.1, -0.05) is 140 Å². The van der Waals surface area contributed by atoms with Gasteiger partial charge in [-0.05, 0) is 12.1 Å². The summed E-state index contributed by atoms with van der Waals surface area (Å²) in [5.74, 6) is 1.05. The lowest BCUT2D eigenvalue weighted by Crippen LogP contribution is -2.74. The SMILES string of the molecule is c1ccc(-c2[nH]cc[nH+]2)cc1.c1ccc([B-](c2ccccc2)(c2ccccc2)c2ccccc2)cc1. The van der Waals surface area contributed by atoms with Crippen molar-refractivity contribution in [2.75, 3.05) is 0 Å². The molecule has 0 aliphatic rings. The number of hydrogen-bond acceptors (Lipinski definition) is 0. The molecule has 3 heteroatoms. The first-order valence-corrected chi connectivity index (χ1v) is 12.4. The molecular formula is C33H29BN2. The average Bonchev–Trinajstić information content (AvgIpc) is 3.52. The van der Waals surface area contributed by atoms with Gasteiger partial charge >= 0.3 is 0 Å². The van der Waals surface area contributed by atoms with E-state index in [2.05, 4.69) is 143 Å². The van der Waals surface area contributed by atoms with Gasteiger partial charge in [-0.25, -0.2) is 9.97 Å². The van der Waals surface area contributed by atoms with Crippen LogP contribution in [0.5, 0.6) is 0 Å². The van der Waals surface area contributed by atoms with Gasteiger partial charge in [0.1, 0.15) is 18.5 Å². The van der Waals surface area contributed by atoms with E-state index in [1.807, 2.05) is 30.6 Å². The van der Waals surface area contributed by atoms with Crippen LogP contribution in [0.2, 0.25) is 0 Å². The van der Waals surface area contributed by atoms with Gasteiger partial charge in [0, 0.05) is 0 Å². The fourth-order valence-electron chi connectivity index (χ4n) is 5.18. The van der Waals surface area contributed by atoms with Crippen molar-refractivity contribution >= 4 is 28.0 Å².